The second kappa shape index (κ2) is 6.18. The highest BCUT2D eigenvalue weighted by molar-refractivity contribution is 6.05. The van der Waals surface area contributed by atoms with Gasteiger partial charge in [-0.05, 0) is 18.8 Å². The van der Waals surface area contributed by atoms with Crippen LogP contribution in [0.4, 0.5) is 4.79 Å². The number of amidine groups is 1. The van der Waals surface area contributed by atoms with Crippen LogP contribution in [0.25, 0.3) is 0 Å². The first kappa shape index (κ1) is 13.3. The molecule has 5 heteroatoms. The molecule has 18 heavy (non-hydrogen) atoms. The van der Waals surface area contributed by atoms with Crippen LogP contribution in [0, 0.1) is 11.3 Å². The van der Waals surface area contributed by atoms with Crippen LogP contribution in [-0.2, 0) is 4.74 Å². The first-order valence-corrected chi connectivity index (χ1v) is 6.89. The normalized spacial score (nSPS) is 26.3. The van der Waals surface area contributed by atoms with Crippen molar-refractivity contribution in [3.8, 4) is 0 Å². The van der Waals surface area contributed by atoms with Crippen LogP contribution < -0.4 is 5.32 Å². The first-order chi connectivity index (χ1) is 8.74. The van der Waals surface area contributed by atoms with E-state index in [1.807, 2.05) is 0 Å². The highest BCUT2D eigenvalue weighted by atomic mass is 16.5. The van der Waals surface area contributed by atoms with Gasteiger partial charge in [-0.2, -0.15) is 0 Å². The van der Waals surface area contributed by atoms with Gasteiger partial charge in [-0.1, -0.05) is 25.7 Å². The van der Waals surface area contributed by atoms with E-state index < -0.39 is 0 Å². The molecule has 1 aliphatic carbocycles. The van der Waals surface area contributed by atoms with Gasteiger partial charge >= 0.3 is 6.03 Å². The lowest BCUT2D eigenvalue weighted by Gasteiger charge is -2.29. The third-order valence-corrected chi connectivity index (χ3v) is 4.02. The van der Waals surface area contributed by atoms with Gasteiger partial charge in [0.15, 0.2) is 0 Å². The number of nitrogens with zero attached hydrogens (tertiary/aromatic N) is 1. The Morgan fingerprint density at radius 2 is 2.00 bits per heavy atom. The molecular formula is C13H23N3O2. The van der Waals surface area contributed by atoms with Gasteiger partial charge in [0, 0.05) is 13.7 Å². The number of methoxy groups -OCH3 is 1. The SMILES string of the molecule is COCCN1C(=O)NC(=N)C1C1CCCCCC1. The monoisotopic (exact) mass is 253 g/mol. The Bertz CT molecular complexity index is 311. The van der Waals surface area contributed by atoms with Crippen molar-refractivity contribution >= 4 is 11.9 Å². The summed E-state index contributed by atoms with van der Waals surface area (Å²) in [5, 5.41) is 10.7. The molecule has 5 nitrogen and oxygen atoms in total. The molecule has 1 atom stereocenters. The zero-order valence-corrected chi connectivity index (χ0v) is 11.1. The molecule has 2 rings (SSSR count). The molecule has 0 aromatic carbocycles. The molecule has 0 bridgehead atoms. The number of carbonyl (C=O) groups is 1. The second-order valence-electron chi connectivity index (χ2n) is 5.23. The van der Waals surface area contributed by atoms with E-state index in [0.29, 0.717) is 24.9 Å². The van der Waals surface area contributed by atoms with Crippen LogP contribution in [0.2, 0.25) is 0 Å². The Morgan fingerprint density at radius 3 is 2.61 bits per heavy atom. The molecule has 2 amide bonds. The van der Waals surface area contributed by atoms with E-state index in [-0.39, 0.29) is 12.1 Å². The van der Waals surface area contributed by atoms with Gasteiger partial charge in [-0.3, -0.25) is 10.7 Å². The average molecular weight is 253 g/mol. The van der Waals surface area contributed by atoms with Crippen molar-refractivity contribution in [2.45, 2.75) is 44.6 Å². The second-order valence-corrected chi connectivity index (χ2v) is 5.23. The number of hydrogen-bond donors (Lipinski definition) is 2. The Morgan fingerprint density at radius 1 is 1.33 bits per heavy atom. The summed E-state index contributed by atoms with van der Waals surface area (Å²) in [6.45, 7) is 1.11. The van der Waals surface area contributed by atoms with Crippen LogP contribution in [0.1, 0.15) is 38.5 Å². The lowest BCUT2D eigenvalue weighted by molar-refractivity contribution is 0.136. The predicted molar refractivity (Wildman–Crippen MR) is 69.8 cm³/mol. The Kier molecular flexibility index (Phi) is 4.58. The van der Waals surface area contributed by atoms with Crippen molar-refractivity contribution in [1.82, 2.24) is 10.2 Å². The summed E-state index contributed by atoms with van der Waals surface area (Å²) in [7, 11) is 1.64. The topological polar surface area (TPSA) is 65.4 Å². The van der Waals surface area contributed by atoms with Gasteiger partial charge < -0.3 is 9.64 Å². The molecule has 1 unspecified atom stereocenters. The highest BCUT2D eigenvalue weighted by Gasteiger charge is 2.40. The Labute approximate surface area is 108 Å². The van der Waals surface area contributed by atoms with Crippen molar-refractivity contribution in [2.75, 3.05) is 20.3 Å². The highest BCUT2D eigenvalue weighted by Crippen LogP contribution is 2.30. The number of nitrogens with one attached hydrogen (secondary N) is 2. The zero-order valence-electron chi connectivity index (χ0n) is 11.1. The molecular weight excluding hydrogens is 230 g/mol. The molecule has 2 N–H and O–H groups in total. The van der Waals surface area contributed by atoms with Crippen molar-refractivity contribution in [3.63, 3.8) is 0 Å². The number of carbonyl (C=O) groups excluding carboxylic acids is 1. The fraction of sp³-hybridized carbons (Fsp3) is 0.846. The summed E-state index contributed by atoms with van der Waals surface area (Å²) in [5.74, 6) is 0.818. The third-order valence-electron chi connectivity index (χ3n) is 4.02. The average Bonchev–Trinajstić information content (AvgIpc) is 2.57. The summed E-state index contributed by atoms with van der Waals surface area (Å²) in [6.07, 6.45) is 7.28. The summed E-state index contributed by atoms with van der Waals surface area (Å²) < 4.78 is 5.06. The van der Waals surface area contributed by atoms with Crippen LogP contribution >= 0.6 is 0 Å². The van der Waals surface area contributed by atoms with Crippen molar-refractivity contribution in [2.24, 2.45) is 5.92 Å². The minimum Gasteiger partial charge on any atom is -0.383 e. The maximum Gasteiger partial charge on any atom is 0.323 e. The quantitative estimate of drug-likeness (QED) is 0.752. The Balaban J connectivity index is 2.05. The van der Waals surface area contributed by atoms with E-state index >= 15 is 0 Å². The van der Waals surface area contributed by atoms with E-state index in [2.05, 4.69) is 5.32 Å². The predicted octanol–water partition coefficient (Wildman–Crippen LogP) is 1.97. The molecule has 1 aliphatic heterocycles. The number of amides is 2. The van der Waals surface area contributed by atoms with E-state index in [4.69, 9.17) is 10.1 Å². The van der Waals surface area contributed by atoms with Crippen LogP contribution in [0.3, 0.4) is 0 Å². The number of ether oxygens (including phenoxy) is 1. The molecule has 2 fully saturated rings. The van der Waals surface area contributed by atoms with E-state index in [0.717, 1.165) is 12.8 Å². The molecule has 102 valence electrons. The fourth-order valence-electron chi connectivity index (χ4n) is 3.09. The summed E-state index contributed by atoms with van der Waals surface area (Å²) in [4.78, 5) is 13.6. The molecule has 1 saturated heterocycles. The maximum atomic E-state index is 11.8. The summed E-state index contributed by atoms with van der Waals surface area (Å²) in [5.41, 5.74) is 0. The van der Waals surface area contributed by atoms with Gasteiger partial charge in [0.25, 0.3) is 0 Å². The smallest absolute Gasteiger partial charge is 0.323 e. The molecule has 0 aromatic rings. The number of rotatable bonds is 4. The van der Waals surface area contributed by atoms with Crippen LogP contribution in [-0.4, -0.2) is 43.1 Å². The van der Waals surface area contributed by atoms with Crippen LogP contribution in [0.15, 0.2) is 0 Å². The van der Waals surface area contributed by atoms with Crippen LogP contribution in [0.5, 0.6) is 0 Å². The minimum atomic E-state index is -0.133. The van der Waals surface area contributed by atoms with Crippen molar-refractivity contribution in [1.29, 1.82) is 5.41 Å². The van der Waals surface area contributed by atoms with Gasteiger partial charge in [-0.15, -0.1) is 0 Å². The molecule has 2 aliphatic rings. The van der Waals surface area contributed by atoms with Crippen molar-refractivity contribution in [3.05, 3.63) is 0 Å². The Hall–Kier alpha value is -1.10. The molecule has 0 radical (unpaired) electrons. The van der Waals surface area contributed by atoms with E-state index in [9.17, 15) is 4.79 Å². The minimum absolute atomic E-state index is 0.0502. The lowest BCUT2D eigenvalue weighted by Crippen LogP contribution is -2.42. The maximum absolute atomic E-state index is 11.8. The molecule has 0 aromatic heterocycles. The van der Waals surface area contributed by atoms with Gasteiger partial charge in [0.2, 0.25) is 0 Å². The number of urea groups is 1. The van der Waals surface area contributed by atoms with Crippen molar-refractivity contribution < 1.29 is 9.53 Å². The summed E-state index contributed by atoms with van der Waals surface area (Å²) in [6, 6.07) is -0.183. The third kappa shape index (κ3) is 2.83. The fourth-order valence-corrected chi connectivity index (χ4v) is 3.09. The number of hydrogen-bond acceptors (Lipinski definition) is 3. The van der Waals surface area contributed by atoms with Gasteiger partial charge in [0.05, 0.1) is 12.6 Å². The van der Waals surface area contributed by atoms with Gasteiger partial charge in [0.1, 0.15) is 5.84 Å². The molecule has 1 heterocycles. The standard InChI is InChI=1S/C13H23N3O2/c1-18-9-8-16-11(12(14)15-13(16)17)10-6-4-2-3-5-7-10/h10-11H,2-9H2,1H3,(H2,14,15,17). The van der Waals surface area contributed by atoms with E-state index in [1.165, 1.54) is 25.7 Å². The molecule has 0 spiro atoms. The lowest BCUT2D eigenvalue weighted by atomic mass is 9.91. The zero-order chi connectivity index (χ0) is 13.0. The largest absolute Gasteiger partial charge is 0.383 e. The molecule has 1 saturated carbocycles. The van der Waals surface area contributed by atoms with E-state index in [1.54, 1.807) is 12.0 Å². The van der Waals surface area contributed by atoms with Gasteiger partial charge in [-0.25, -0.2) is 4.79 Å². The first-order valence-electron chi connectivity index (χ1n) is 6.89. The summed E-state index contributed by atoms with van der Waals surface area (Å²) >= 11 is 0.